The van der Waals surface area contributed by atoms with Crippen molar-refractivity contribution in [3.05, 3.63) is 0 Å². The summed E-state index contributed by atoms with van der Waals surface area (Å²) in [6.07, 6.45) is 19.7. The first-order valence-electron chi connectivity index (χ1n) is 11.8. The molecule has 26 heavy (non-hydrogen) atoms. The van der Waals surface area contributed by atoms with Gasteiger partial charge in [0.25, 0.3) is 0 Å². The zero-order valence-electron chi connectivity index (χ0n) is 18.5. The van der Waals surface area contributed by atoms with Crippen LogP contribution < -0.4 is 0 Å². The van der Waals surface area contributed by atoms with E-state index in [2.05, 4.69) is 27.7 Å². The minimum absolute atomic E-state index is 0.465. The maximum atomic E-state index is 12.4. The van der Waals surface area contributed by atoms with Crippen LogP contribution in [-0.4, -0.2) is 11.1 Å². The van der Waals surface area contributed by atoms with Gasteiger partial charge < -0.3 is 5.11 Å². The van der Waals surface area contributed by atoms with Gasteiger partial charge in [-0.25, -0.2) is 0 Å². The molecule has 0 aromatic carbocycles. The largest absolute Gasteiger partial charge is 0.481 e. The van der Waals surface area contributed by atoms with E-state index >= 15 is 0 Å². The zero-order chi connectivity index (χ0) is 19.7. The summed E-state index contributed by atoms with van der Waals surface area (Å²) in [6, 6.07) is 0. The first-order valence-corrected chi connectivity index (χ1v) is 11.8. The lowest BCUT2D eigenvalue weighted by molar-refractivity contribution is -0.151. The van der Waals surface area contributed by atoms with E-state index in [1.54, 1.807) is 0 Å². The standard InChI is InChI=1S/C24H48O2/c1-5-9-13-15-18-22(17-11-7-3)21-24(23(25)26,19-12-8-4)20-16-14-10-6-2/h22H,5-21H2,1-4H3,(H,25,26). The van der Waals surface area contributed by atoms with E-state index in [1.165, 1.54) is 70.6 Å². The fourth-order valence-electron chi connectivity index (χ4n) is 4.29. The van der Waals surface area contributed by atoms with Gasteiger partial charge in [0.15, 0.2) is 0 Å². The lowest BCUT2D eigenvalue weighted by Gasteiger charge is -2.34. The van der Waals surface area contributed by atoms with Gasteiger partial charge in [-0.3, -0.25) is 4.79 Å². The van der Waals surface area contributed by atoms with Crippen LogP contribution in [0.5, 0.6) is 0 Å². The van der Waals surface area contributed by atoms with Crippen molar-refractivity contribution in [2.45, 2.75) is 137 Å². The highest BCUT2D eigenvalue weighted by molar-refractivity contribution is 5.74. The second-order valence-electron chi connectivity index (χ2n) is 8.56. The van der Waals surface area contributed by atoms with E-state index in [-0.39, 0.29) is 0 Å². The Bertz CT molecular complexity index is 326. The Balaban J connectivity index is 5.00. The molecule has 0 rings (SSSR count). The van der Waals surface area contributed by atoms with Crippen LogP contribution in [0.15, 0.2) is 0 Å². The molecule has 2 nitrogen and oxygen atoms in total. The lowest BCUT2D eigenvalue weighted by atomic mass is 9.70. The number of aliphatic carboxylic acids is 1. The molecule has 0 saturated heterocycles. The molecule has 0 radical (unpaired) electrons. The van der Waals surface area contributed by atoms with Gasteiger partial charge in [0.1, 0.15) is 0 Å². The van der Waals surface area contributed by atoms with E-state index in [4.69, 9.17) is 0 Å². The summed E-state index contributed by atoms with van der Waals surface area (Å²) in [6.45, 7) is 8.91. The molecule has 2 heteroatoms. The van der Waals surface area contributed by atoms with E-state index in [0.717, 1.165) is 38.5 Å². The predicted octanol–water partition coefficient (Wildman–Crippen LogP) is 8.38. The molecule has 0 amide bonds. The van der Waals surface area contributed by atoms with E-state index in [1.807, 2.05) is 0 Å². The third kappa shape index (κ3) is 11.2. The van der Waals surface area contributed by atoms with Crippen molar-refractivity contribution in [1.82, 2.24) is 0 Å². The third-order valence-electron chi connectivity index (χ3n) is 6.08. The van der Waals surface area contributed by atoms with Crippen LogP contribution in [-0.2, 0) is 4.79 Å². The molecule has 156 valence electrons. The van der Waals surface area contributed by atoms with Gasteiger partial charge in [0.2, 0.25) is 0 Å². The third-order valence-corrected chi connectivity index (χ3v) is 6.08. The SMILES string of the molecule is CCCCCCC(CCCC)CC(CCCC)(CCCCCC)C(=O)O. The van der Waals surface area contributed by atoms with Crippen molar-refractivity contribution in [2.75, 3.05) is 0 Å². The highest BCUT2D eigenvalue weighted by atomic mass is 16.4. The number of rotatable bonds is 19. The minimum atomic E-state index is -0.516. The normalized spacial score (nSPS) is 14.9. The van der Waals surface area contributed by atoms with Gasteiger partial charge in [-0.15, -0.1) is 0 Å². The van der Waals surface area contributed by atoms with Crippen molar-refractivity contribution in [2.24, 2.45) is 11.3 Å². The number of hydrogen-bond acceptors (Lipinski definition) is 1. The van der Waals surface area contributed by atoms with E-state index in [9.17, 15) is 9.90 Å². The summed E-state index contributed by atoms with van der Waals surface area (Å²) >= 11 is 0. The highest BCUT2D eigenvalue weighted by Crippen LogP contribution is 2.41. The van der Waals surface area contributed by atoms with Gasteiger partial charge >= 0.3 is 5.97 Å². The van der Waals surface area contributed by atoms with Crippen molar-refractivity contribution < 1.29 is 9.90 Å². The number of carboxylic acids is 1. The van der Waals surface area contributed by atoms with Gasteiger partial charge in [-0.05, 0) is 25.2 Å². The highest BCUT2D eigenvalue weighted by Gasteiger charge is 2.39. The van der Waals surface area contributed by atoms with Crippen LogP contribution >= 0.6 is 0 Å². The van der Waals surface area contributed by atoms with Crippen LogP contribution in [0.25, 0.3) is 0 Å². The average molecular weight is 369 g/mol. The van der Waals surface area contributed by atoms with Crippen molar-refractivity contribution >= 4 is 5.97 Å². The molecular formula is C24H48O2. The molecule has 1 N–H and O–H groups in total. The maximum Gasteiger partial charge on any atom is 0.309 e. The molecule has 2 atom stereocenters. The second kappa shape index (κ2) is 16.6. The molecule has 0 bridgehead atoms. The monoisotopic (exact) mass is 368 g/mol. The summed E-state index contributed by atoms with van der Waals surface area (Å²) in [4.78, 5) is 12.4. The minimum Gasteiger partial charge on any atom is -0.481 e. The fraction of sp³-hybridized carbons (Fsp3) is 0.958. The Hall–Kier alpha value is -0.530. The summed E-state index contributed by atoms with van der Waals surface area (Å²) in [5, 5.41) is 10.2. The summed E-state index contributed by atoms with van der Waals surface area (Å²) in [5.41, 5.74) is -0.465. The van der Waals surface area contributed by atoms with Crippen LogP contribution in [0.2, 0.25) is 0 Å². The first kappa shape index (κ1) is 25.5. The van der Waals surface area contributed by atoms with Crippen LogP contribution in [0, 0.1) is 11.3 Å². The average Bonchev–Trinajstić information content (AvgIpc) is 2.63. The molecule has 2 unspecified atom stereocenters. The van der Waals surface area contributed by atoms with Crippen LogP contribution in [0.4, 0.5) is 0 Å². The van der Waals surface area contributed by atoms with Gasteiger partial charge in [0.05, 0.1) is 5.41 Å². The molecule has 0 aromatic heterocycles. The molecule has 0 aromatic rings. The molecule has 0 aliphatic carbocycles. The quantitative estimate of drug-likeness (QED) is 0.232. The summed E-state index contributed by atoms with van der Waals surface area (Å²) < 4.78 is 0. The first-order chi connectivity index (χ1) is 12.6. The van der Waals surface area contributed by atoms with E-state index in [0.29, 0.717) is 5.92 Å². The Morgan fingerprint density at radius 1 is 0.692 bits per heavy atom. The Kier molecular flexibility index (Phi) is 16.3. The summed E-state index contributed by atoms with van der Waals surface area (Å²) in [5.74, 6) is 0.0865. The molecule has 0 aliphatic heterocycles. The molecule has 0 saturated carbocycles. The molecule has 0 heterocycles. The molecule has 0 spiro atoms. The topological polar surface area (TPSA) is 37.3 Å². The number of unbranched alkanes of at least 4 members (excludes halogenated alkanes) is 8. The molecule has 0 aliphatic rings. The van der Waals surface area contributed by atoms with Crippen molar-refractivity contribution in [1.29, 1.82) is 0 Å². The second-order valence-corrected chi connectivity index (χ2v) is 8.56. The van der Waals surface area contributed by atoms with Gasteiger partial charge in [0, 0.05) is 0 Å². The lowest BCUT2D eigenvalue weighted by Crippen LogP contribution is -2.34. The van der Waals surface area contributed by atoms with Crippen molar-refractivity contribution in [3.63, 3.8) is 0 Å². The zero-order valence-corrected chi connectivity index (χ0v) is 18.5. The Morgan fingerprint density at radius 2 is 1.19 bits per heavy atom. The van der Waals surface area contributed by atoms with Crippen LogP contribution in [0.3, 0.4) is 0 Å². The maximum absolute atomic E-state index is 12.4. The Labute approximate surface area is 164 Å². The number of carbonyl (C=O) groups is 1. The number of carboxylic acid groups (broad SMARTS) is 1. The van der Waals surface area contributed by atoms with Gasteiger partial charge in [-0.2, -0.15) is 0 Å². The smallest absolute Gasteiger partial charge is 0.309 e. The van der Waals surface area contributed by atoms with Crippen molar-refractivity contribution in [3.8, 4) is 0 Å². The fourth-order valence-corrected chi connectivity index (χ4v) is 4.29. The Morgan fingerprint density at radius 3 is 1.73 bits per heavy atom. The molecular weight excluding hydrogens is 320 g/mol. The van der Waals surface area contributed by atoms with Crippen LogP contribution in [0.1, 0.15) is 137 Å². The predicted molar refractivity (Wildman–Crippen MR) is 115 cm³/mol. The molecule has 0 fully saturated rings. The summed E-state index contributed by atoms with van der Waals surface area (Å²) in [7, 11) is 0. The van der Waals surface area contributed by atoms with Gasteiger partial charge in [-0.1, -0.05) is 118 Å². The van der Waals surface area contributed by atoms with E-state index < -0.39 is 11.4 Å². The number of hydrogen-bond donors (Lipinski definition) is 1.